The predicted octanol–water partition coefficient (Wildman–Crippen LogP) is 1.31. The van der Waals surface area contributed by atoms with E-state index in [1.165, 1.54) is 0 Å². The van der Waals surface area contributed by atoms with E-state index in [2.05, 4.69) is 5.32 Å². The minimum absolute atomic E-state index is 0.0174. The summed E-state index contributed by atoms with van der Waals surface area (Å²) < 4.78 is 0. The summed E-state index contributed by atoms with van der Waals surface area (Å²) in [7, 11) is 0. The Morgan fingerprint density at radius 1 is 1.62 bits per heavy atom. The summed E-state index contributed by atoms with van der Waals surface area (Å²) in [4.78, 5) is 12.1. The number of thioether (sulfide) groups is 1. The first-order chi connectivity index (χ1) is 6.26. The molecule has 0 aliphatic carbocycles. The first kappa shape index (κ1) is 10.1. The van der Waals surface area contributed by atoms with Crippen LogP contribution in [0.5, 0.6) is 0 Å². The molecule has 0 saturated carbocycles. The highest BCUT2D eigenvalue weighted by molar-refractivity contribution is 7.98. The van der Waals surface area contributed by atoms with E-state index in [-0.39, 0.29) is 12.5 Å². The third-order valence-electron chi connectivity index (χ3n) is 1.54. The van der Waals surface area contributed by atoms with Gasteiger partial charge < -0.3 is 11.1 Å². The lowest BCUT2D eigenvalue weighted by Crippen LogP contribution is -2.21. The minimum atomic E-state index is -0.168. The fourth-order valence-corrected chi connectivity index (χ4v) is 1.37. The third kappa shape index (κ3) is 3.08. The molecular formula is C9H12N2OS. The van der Waals surface area contributed by atoms with Gasteiger partial charge in [-0.15, -0.1) is 11.8 Å². The molecule has 1 aromatic rings. The Bertz CT molecular complexity index is 301. The smallest absolute Gasteiger partial charge is 0.238 e. The van der Waals surface area contributed by atoms with Crippen molar-refractivity contribution in [2.45, 2.75) is 4.90 Å². The maximum Gasteiger partial charge on any atom is 0.238 e. The molecule has 0 aliphatic heterocycles. The quantitative estimate of drug-likeness (QED) is 0.717. The number of nitrogens with two attached hydrogens (primary N) is 1. The molecule has 0 spiro atoms. The number of carbonyl (C=O) groups excluding carboxylic acids is 1. The lowest BCUT2D eigenvalue weighted by atomic mass is 10.3. The van der Waals surface area contributed by atoms with Crippen LogP contribution in [-0.4, -0.2) is 18.7 Å². The van der Waals surface area contributed by atoms with Gasteiger partial charge in [0.25, 0.3) is 0 Å². The van der Waals surface area contributed by atoms with Gasteiger partial charge in [-0.1, -0.05) is 6.07 Å². The molecule has 0 bridgehead atoms. The van der Waals surface area contributed by atoms with E-state index in [9.17, 15) is 4.79 Å². The van der Waals surface area contributed by atoms with Crippen molar-refractivity contribution in [1.29, 1.82) is 0 Å². The molecule has 70 valence electrons. The van der Waals surface area contributed by atoms with E-state index in [1.54, 1.807) is 11.8 Å². The number of hydrogen-bond acceptors (Lipinski definition) is 3. The van der Waals surface area contributed by atoms with Gasteiger partial charge in [-0.05, 0) is 24.5 Å². The number of benzene rings is 1. The van der Waals surface area contributed by atoms with Crippen molar-refractivity contribution < 1.29 is 4.79 Å². The molecule has 13 heavy (non-hydrogen) atoms. The van der Waals surface area contributed by atoms with Crippen LogP contribution in [0, 0.1) is 0 Å². The Balaban J connectivity index is 2.71. The summed E-state index contributed by atoms with van der Waals surface area (Å²) in [6, 6.07) is 7.65. The normalized spacial score (nSPS) is 9.69. The van der Waals surface area contributed by atoms with Crippen molar-refractivity contribution in [1.82, 2.24) is 0 Å². The Kier molecular flexibility index (Phi) is 3.79. The monoisotopic (exact) mass is 196 g/mol. The Hall–Kier alpha value is -1.00. The molecule has 0 heterocycles. The SMILES string of the molecule is CSc1cccc(NC(=O)CN)c1. The van der Waals surface area contributed by atoms with E-state index in [0.29, 0.717) is 0 Å². The zero-order valence-corrected chi connectivity index (χ0v) is 8.23. The number of carbonyl (C=O) groups is 1. The maximum absolute atomic E-state index is 10.9. The van der Waals surface area contributed by atoms with Gasteiger partial charge in [-0.2, -0.15) is 0 Å². The van der Waals surface area contributed by atoms with E-state index >= 15 is 0 Å². The highest BCUT2D eigenvalue weighted by atomic mass is 32.2. The molecule has 4 heteroatoms. The maximum atomic E-state index is 10.9. The summed E-state index contributed by atoms with van der Waals surface area (Å²) in [5, 5.41) is 2.69. The van der Waals surface area contributed by atoms with Crippen molar-refractivity contribution in [2.75, 3.05) is 18.1 Å². The molecule has 0 unspecified atom stereocenters. The van der Waals surface area contributed by atoms with Gasteiger partial charge in [0.2, 0.25) is 5.91 Å². The van der Waals surface area contributed by atoms with Gasteiger partial charge in [0, 0.05) is 10.6 Å². The molecular weight excluding hydrogens is 184 g/mol. The Labute approximate surface area is 81.7 Å². The van der Waals surface area contributed by atoms with Crippen LogP contribution in [0.1, 0.15) is 0 Å². The van der Waals surface area contributed by atoms with Crippen molar-refractivity contribution in [3.05, 3.63) is 24.3 Å². The van der Waals surface area contributed by atoms with Gasteiger partial charge >= 0.3 is 0 Å². The Morgan fingerprint density at radius 3 is 3.00 bits per heavy atom. The van der Waals surface area contributed by atoms with Gasteiger partial charge in [0.15, 0.2) is 0 Å². The zero-order chi connectivity index (χ0) is 9.68. The summed E-state index contributed by atoms with van der Waals surface area (Å²) in [5.41, 5.74) is 5.97. The first-order valence-corrected chi connectivity index (χ1v) is 5.12. The van der Waals surface area contributed by atoms with Gasteiger partial charge in [0.1, 0.15) is 0 Å². The van der Waals surface area contributed by atoms with Crippen LogP contribution in [0.3, 0.4) is 0 Å². The summed E-state index contributed by atoms with van der Waals surface area (Å²) in [6.45, 7) is 0.0174. The van der Waals surface area contributed by atoms with Crippen LogP contribution in [-0.2, 0) is 4.79 Å². The highest BCUT2D eigenvalue weighted by Crippen LogP contribution is 2.18. The van der Waals surface area contributed by atoms with Crippen molar-refractivity contribution >= 4 is 23.4 Å². The van der Waals surface area contributed by atoms with Gasteiger partial charge in [-0.25, -0.2) is 0 Å². The van der Waals surface area contributed by atoms with Crippen molar-refractivity contribution in [2.24, 2.45) is 5.73 Å². The molecule has 0 saturated heterocycles. The molecule has 1 rings (SSSR count). The first-order valence-electron chi connectivity index (χ1n) is 3.90. The van der Waals surface area contributed by atoms with Gasteiger partial charge in [0.05, 0.1) is 6.54 Å². The number of amides is 1. The molecule has 1 aromatic carbocycles. The van der Waals surface area contributed by atoms with E-state index in [4.69, 9.17) is 5.73 Å². The largest absolute Gasteiger partial charge is 0.325 e. The van der Waals surface area contributed by atoms with Crippen molar-refractivity contribution in [3.63, 3.8) is 0 Å². The summed E-state index contributed by atoms with van der Waals surface area (Å²) >= 11 is 1.64. The van der Waals surface area contributed by atoms with Crippen LogP contribution in [0.25, 0.3) is 0 Å². The number of hydrogen-bond donors (Lipinski definition) is 2. The summed E-state index contributed by atoms with van der Waals surface area (Å²) in [5.74, 6) is -0.168. The number of nitrogens with one attached hydrogen (secondary N) is 1. The molecule has 1 amide bonds. The standard InChI is InChI=1S/C9H12N2OS/c1-13-8-4-2-3-7(5-8)11-9(12)6-10/h2-5H,6,10H2,1H3,(H,11,12). The van der Waals surface area contributed by atoms with Crippen LogP contribution in [0.4, 0.5) is 5.69 Å². The second-order valence-corrected chi connectivity index (χ2v) is 3.36. The predicted molar refractivity (Wildman–Crippen MR) is 55.9 cm³/mol. The average molecular weight is 196 g/mol. The minimum Gasteiger partial charge on any atom is -0.325 e. The number of anilines is 1. The van der Waals surface area contributed by atoms with E-state index in [0.717, 1.165) is 10.6 Å². The van der Waals surface area contributed by atoms with E-state index in [1.807, 2.05) is 30.5 Å². The second kappa shape index (κ2) is 4.89. The van der Waals surface area contributed by atoms with Crippen LogP contribution in [0.2, 0.25) is 0 Å². The zero-order valence-electron chi connectivity index (χ0n) is 7.41. The average Bonchev–Trinajstić information content (AvgIpc) is 2.18. The molecule has 0 atom stereocenters. The van der Waals surface area contributed by atoms with Gasteiger partial charge in [-0.3, -0.25) is 4.79 Å². The highest BCUT2D eigenvalue weighted by Gasteiger charge is 1.98. The third-order valence-corrected chi connectivity index (χ3v) is 2.26. The molecule has 0 aliphatic rings. The Morgan fingerprint density at radius 2 is 2.38 bits per heavy atom. The van der Waals surface area contributed by atoms with E-state index < -0.39 is 0 Å². The lowest BCUT2D eigenvalue weighted by molar-refractivity contribution is -0.114. The molecule has 3 nitrogen and oxygen atoms in total. The molecule has 3 N–H and O–H groups in total. The number of rotatable bonds is 3. The molecule has 0 fully saturated rings. The molecule has 0 radical (unpaired) electrons. The van der Waals surface area contributed by atoms with Crippen LogP contribution in [0.15, 0.2) is 29.2 Å². The topological polar surface area (TPSA) is 55.1 Å². The fourth-order valence-electron chi connectivity index (χ4n) is 0.913. The summed E-state index contributed by atoms with van der Waals surface area (Å²) in [6.07, 6.45) is 1.99. The van der Waals surface area contributed by atoms with Crippen molar-refractivity contribution in [3.8, 4) is 0 Å². The molecule has 0 aromatic heterocycles. The second-order valence-electron chi connectivity index (χ2n) is 2.48. The fraction of sp³-hybridized carbons (Fsp3) is 0.222. The van der Waals surface area contributed by atoms with Crippen LogP contribution >= 0.6 is 11.8 Å². The lowest BCUT2D eigenvalue weighted by Gasteiger charge is -2.04. The van der Waals surface area contributed by atoms with Crippen LogP contribution < -0.4 is 11.1 Å².